The molecular weight excluding hydrogens is 240 g/mol. The number of nitrogens with one attached hydrogen (secondary N) is 2. The Bertz CT molecular complexity index is 376. The monoisotopic (exact) mass is 254 g/mol. The molecule has 1 aliphatic rings. The fourth-order valence-electron chi connectivity index (χ4n) is 1.70. The lowest BCUT2D eigenvalue weighted by Crippen LogP contribution is -2.46. The van der Waals surface area contributed by atoms with Gasteiger partial charge in [-0.2, -0.15) is 0 Å². The van der Waals surface area contributed by atoms with E-state index in [0.29, 0.717) is 17.4 Å². The number of anilines is 1. The standard InChI is InChI=1S/C11H15ClN4O/c12-9-1-2-10(14-7-9)15-11(17)8-16-5-3-13-4-6-16/h1-2,7,13H,3-6,8H2,(H,14,15,17). The van der Waals surface area contributed by atoms with Gasteiger partial charge in [0.2, 0.25) is 5.91 Å². The van der Waals surface area contributed by atoms with Crippen molar-refractivity contribution in [3.63, 3.8) is 0 Å². The molecule has 0 aliphatic carbocycles. The van der Waals surface area contributed by atoms with Crippen molar-refractivity contribution in [2.75, 3.05) is 38.0 Å². The molecule has 5 nitrogen and oxygen atoms in total. The topological polar surface area (TPSA) is 57.3 Å². The SMILES string of the molecule is O=C(CN1CCNCC1)Nc1ccc(Cl)cn1. The average molecular weight is 255 g/mol. The zero-order chi connectivity index (χ0) is 12.1. The van der Waals surface area contributed by atoms with Gasteiger partial charge in [-0.1, -0.05) is 11.6 Å². The van der Waals surface area contributed by atoms with Crippen molar-refractivity contribution < 1.29 is 4.79 Å². The summed E-state index contributed by atoms with van der Waals surface area (Å²) in [6.45, 7) is 4.09. The Balaban J connectivity index is 1.82. The zero-order valence-corrected chi connectivity index (χ0v) is 10.2. The number of hydrogen-bond acceptors (Lipinski definition) is 4. The van der Waals surface area contributed by atoms with Crippen LogP contribution < -0.4 is 10.6 Å². The summed E-state index contributed by atoms with van der Waals surface area (Å²) in [5.74, 6) is 0.497. The summed E-state index contributed by atoms with van der Waals surface area (Å²) in [7, 11) is 0. The Morgan fingerprint density at radius 2 is 2.24 bits per heavy atom. The normalized spacial score (nSPS) is 16.8. The van der Waals surface area contributed by atoms with Gasteiger partial charge in [-0.15, -0.1) is 0 Å². The summed E-state index contributed by atoms with van der Waals surface area (Å²) in [6, 6.07) is 3.40. The van der Waals surface area contributed by atoms with E-state index >= 15 is 0 Å². The fourth-order valence-corrected chi connectivity index (χ4v) is 1.82. The first kappa shape index (κ1) is 12.3. The molecule has 2 heterocycles. The second-order valence-corrected chi connectivity index (χ2v) is 4.37. The number of carbonyl (C=O) groups excluding carboxylic acids is 1. The smallest absolute Gasteiger partial charge is 0.239 e. The van der Waals surface area contributed by atoms with Crippen LogP contribution >= 0.6 is 11.6 Å². The van der Waals surface area contributed by atoms with E-state index in [-0.39, 0.29) is 5.91 Å². The van der Waals surface area contributed by atoms with Gasteiger partial charge in [0.1, 0.15) is 5.82 Å². The molecule has 1 saturated heterocycles. The van der Waals surface area contributed by atoms with Crippen LogP contribution in [0.3, 0.4) is 0 Å². The van der Waals surface area contributed by atoms with Crippen LogP contribution in [0, 0.1) is 0 Å². The molecule has 0 spiro atoms. The van der Waals surface area contributed by atoms with E-state index in [9.17, 15) is 4.79 Å². The highest BCUT2D eigenvalue weighted by Crippen LogP contribution is 2.09. The van der Waals surface area contributed by atoms with E-state index in [4.69, 9.17) is 11.6 Å². The third-order valence-corrected chi connectivity index (χ3v) is 2.80. The van der Waals surface area contributed by atoms with Gasteiger partial charge in [0, 0.05) is 32.4 Å². The van der Waals surface area contributed by atoms with Gasteiger partial charge in [-0.05, 0) is 12.1 Å². The number of pyridine rings is 1. The molecule has 0 aromatic carbocycles. The molecule has 1 aliphatic heterocycles. The molecule has 92 valence electrons. The minimum Gasteiger partial charge on any atom is -0.314 e. The molecule has 1 aromatic rings. The fraction of sp³-hybridized carbons (Fsp3) is 0.455. The van der Waals surface area contributed by atoms with E-state index in [1.807, 2.05) is 0 Å². The quantitative estimate of drug-likeness (QED) is 0.829. The Kier molecular flexibility index (Phi) is 4.30. The number of nitrogens with zero attached hydrogens (tertiary/aromatic N) is 2. The molecule has 1 fully saturated rings. The lowest BCUT2D eigenvalue weighted by molar-refractivity contribution is -0.117. The second kappa shape index (κ2) is 5.95. The minimum absolute atomic E-state index is 0.0401. The predicted octanol–water partition coefficient (Wildman–Crippen LogP) is 0.579. The molecule has 17 heavy (non-hydrogen) atoms. The first-order valence-electron chi connectivity index (χ1n) is 5.58. The minimum atomic E-state index is -0.0401. The Hall–Kier alpha value is -1.17. The van der Waals surface area contributed by atoms with Crippen LogP contribution in [0.2, 0.25) is 5.02 Å². The molecule has 0 radical (unpaired) electrons. The first-order chi connectivity index (χ1) is 8.24. The number of carbonyl (C=O) groups is 1. The summed E-state index contributed by atoms with van der Waals surface area (Å²) in [5, 5.41) is 6.55. The number of aromatic nitrogens is 1. The van der Waals surface area contributed by atoms with Gasteiger partial charge < -0.3 is 10.6 Å². The Morgan fingerprint density at radius 3 is 2.88 bits per heavy atom. The van der Waals surface area contributed by atoms with E-state index in [0.717, 1.165) is 26.2 Å². The van der Waals surface area contributed by atoms with Crippen molar-refractivity contribution in [1.29, 1.82) is 0 Å². The van der Waals surface area contributed by atoms with E-state index in [1.165, 1.54) is 6.20 Å². The van der Waals surface area contributed by atoms with E-state index in [1.54, 1.807) is 12.1 Å². The van der Waals surface area contributed by atoms with Crippen LogP contribution in [0.5, 0.6) is 0 Å². The lowest BCUT2D eigenvalue weighted by Gasteiger charge is -2.26. The summed E-state index contributed by atoms with van der Waals surface area (Å²) in [6.07, 6.45) is 1.52. The molecule has 0 atom stereocenters. The van der Waals surface area contributed by atoms with Crippen LogP contribution in [0.1, 0.15) is 0 Å². The maximum absolute atomic E-state index is 11.7. The van der Waals surface area contributed by atoms with Gasteiger partial charge in [0.05, 0.1) is 11.6 Å². The summed E-state index contributed by atoms with van der Waals surface area (Å²) in [4.78, 5) is 17.8. The molecule has 1 amide bonds. The molecule has 0 saturated carbocycles. The Morgan fingerprint density at radius 1 is 1.47 bits per heavy atom. The highest BCUT2D eigenvalue weighted by Gasteiger charge is 2.13. The third kappa shape index (κ3) is 3.96. The van der Waals surface area contributed by atoms with Gasteiger partial charge in [-0.3, -0.25) is 9.69 Å². The van der Waals surface area contributed by atoms with Crippen LogP contribution in [-0.4, -0.2) is 48.5 Å². The van der Waals surface area contributed by atoms with E-state index in [2.05, 4.69) is 20.5 Å². The highest BCUT2D eigenvalue weighted by molar-refractivity contribution is 6.30. The number of piperazine rings is 1. The highest BCUT2D eigenvalue weighted by atomic mass is 35.5. The van der Waals surface area contributed by atoms with Crippen LogP contribution in [0.4, 0.5) is 5.82 Å². The first-order valence-corrected chi connectivity index (χ1v) is 5.96. The maximum Gasteiger partial charge on any atom is 0.239 e. The number of hydrogen-bond donors (Lipinski definition) is 2. The lowest BCUT2D eigenvalue weighted by atomic mass is 10.3. The molecule has 0 unspecified atom stereocenters. The predicted molar refractivity (Wildman–Crippen MR) is 67.2 cm³/mol. The summed E-state index contributed by atoms with van der Waals surface area (Å²) < 4.78 is 0. The zero-order valence-electron chi connectivity index (χ0n) is 9.45. The van der Waals surface area contributed by atoms with Crippen molar-refractivity contribution in [3.8, 4) is 0 Å². The number of rotatable bonds is 3. The van der Waals surface area contributed by atoms with Gasteiger partial charge in [-0.25, -0.2) is 4.98 Å². The third-order valence-electron chi connectivity index (χ3n) is 2.57. The van der Waals surface area contributed by atoms with Gasteiger partial charge >= 0.3 is 0 Å². The second-order valence-electron chi connectivity index (χ2n) is 3.94. The largest absolute Gasteiger partial charge is 0.314 e. The number of amides is 1. The maximum atomic E-state index is 11.7. The van der Waals surface area contributed by atoms with Crippen LogP contribution in [0.15, 0.2) is 18.3 Å². The molecule has 0 bridgehead atoms. The van der Waals surface area contributed by atoms with E-state index < -0.39 is 0 Å². The summed E-state index contributed by atoms with van der Waals surface area (Å²) in [5.41, 5.74) is 0. The molecule has 6 heteroatoms. The van der Waals surface area contributed by atoms with Crippen molar-refractivity contribution in [2.45, 2.75) is 0 Å². The number of halogens is 1. The molecule has 2 rings (SSSR count). The van der Waals surface area contributed by atoms with Gasteiger partial charge in [0.25, 0.3) is 0 Å². The molecular formula is C11H15ClN4O. The van der Waals surface area contributed by atoms with Crippen molar-refractivity contribution in [3.05, 3.63) is 23.4 Å². The molecule has 2 N–H and O–H groups in total. The van der Waals surface area contributed by atoms with Crippen molar-refractivity contribution in [1.82, 2.24) is 15.2 Å². The van der Waals surface area contributed by atoms with Crippen LogP contribution in [0.25, 0.3) is 0 Å². The van der Waals surface area contributed by atoms with Crippen molar-refractivity contribution in [2.24, 2.45) is 0 Å². The van der Waals surface area contributed by atoms with Crippen LogP contribution in [-0.2, 0) is 4.79 Å². The van der Waals surface area contributed by atoms with Crippen molar-refractivity contribution >= 4 is 23.3 Å². The Labute approximate surface area is 105 Å². The molecule has 1 aromatic heterocycles. The summed E-state index contributed by atoms with van der Waals surface area (Å²) >= 11 is 5.71. The van der Waals surface area contributed by atoms with Gasteiger partial charge in [0.15, 0.2) is 0 Å². The average Bonchev–Trinajstić information content (AvgIpc) is 2.33.